The van der Waals surface area contributed by atoms with Gasteiger partial charge in [-0.3, -0.25) is 0 Å². The summed E-state index contributed by atoms with van der Waals surface area (Å²) in [4.78, 5) is 0. The van der Waals surface area contributed by atoms with Crippen molar-refractivity contribution in [1.82, 2.24) is 5.43 Å². The molecule has 0 aliphatic heterocycles. The highest BCUT2D eigenvalue weighted by atomic mass is 35.5. The van der Waals surface area contributed by atoms with Crippen molar-refractivity contribution in [2.45, 2.75) is 6.54 Å². The lowest BCUT2D eigenvalue weighted by Gasteiger charge is -2.10. The predicted octanol–water partition coefficient (Wildman–Crippen LogP) is 4.76. The van der Waals surface area contributed by atoms with Crippen LogP contribution in [0.15, 0.2) is 42.5 Å². The summed E-state index contributed by atoms with van der Waals surface area (Å²) in [5, 5.41) is 1.77. The van der Waals surface area contributed by atoms with E-state index in [2.05, 4.69) is 10.9 Å². The molecule has 0 saturated heterocycles. The molecular weight excluding hydrogens is 291 g/mol. The van der Waals surface area contributed by atoms with E-state index in [4.69, 9.17) is 34.8 Å². The summed E-state index contributed by atoms with van der Waals surface area (Å²) in [6.45, 7) is 0.613. The number of hydrogen-bond donors (Lipinski definition) is 2. The third-order valence-electron chi connectivity index (χ3n) is 2.37. The van der Waals surface area contributed by atoms with Crippen molar-refractivity contribution >= 4 is 40.5 Å². The van der Waals surface area contributed by atoms with Crippen molar-refractivity contribution < 1.29 is 0 Å². The maximum Gasteiger partial charge on any atom is 0.0674 e. The van der Waals surface area contributed by atoms with Crippen LogP contribution in [-0.4, -0.2) is 0 Å². The van der Waals surface area contributed by atoms with Gasteiger partial charge in [0.25, 0.3) is 0 Å². The molecule has 2 aromatic rings. The van der Waals surface area contributed by atoms with Crippen LogP contribution in [0, 0.1) is 0 Å². The molecular formula is C13H11Cl3N2. The second-order valence-electron chi connectivity index (χ2n) is 3.71. The average Bonchev–Trinajstić information content (AvgIpc) is 2.36. The van der Waals surface area contributed by atoms with Gasteiger partial charge in [0.2, 0.25) is 0 Å². The summed E-state index contributed by atoms with van der Waals surface area (Å²) in [6.07, 6.45) is 0. The van der Waals surface area contributed by atoms with Gasteiger partial charge in [-0.15, -0.1) is 0 Å². The number of halogens is 3. The molecule has 2 nitrogen and oxygen atoms in total. The molecule has 18 heavy (non-hydrogen) atoms. The van der Waals surface area contributed by atoms with Crippen LogP contribution in [0.1, 0.15) is 5.56 Å². The molecule has 5 heteroatoms. The van der Waals surface area contributed by atoms with Gasteiger partial charge in [-0.25, -0.2) is 5.43 Å². The molecule has 2 aromatic carbocycles. The summed E-state index contributed by atoms with van der Waals surface area (Å²) >= 11 is 17.8. The fourth-order valence-electron chi connectivity index (χ4n) is 1.45. The molecule has 0 unspecified atom stereocenters. The minimum atomic E-state index is 0.550. The first-order chi connectivity index (χ1) is 8.66. The molecule has 2 rings (SSSR count). The first kappa shape index (κ1) is 13.5. The summed E-state index contributed by atoms with van der Waals surface area (Å²) < 4.78 is 0. The molecule has 0 aliphatic carbocycles. The van der Waals surface area contributed by atoms with Crippen LogP contribution in [0.3, 0.4) is 0 Å². The second kappa shape index (κ2) is 6.30. The van der Waals surface area contributed by atoms with Crippen LogP contribution in [0.25, 0.3) is 0 Å². The summed E-state index contributed by atoms with van der Waals surface area (Å²) in [5.74, 6) is 0. The molecule has 0 bridgehead atoms. The highest BCUT2D eigenvalue weighted by Crippen LogP contribution is 2.23. The molecule has 0 heterocycles. The first-order valence-corrected chi connectivity index (χ1v) is 6.47. The number of nitrogens with one attached hydrogen (secondary N) is 2. The monoisotopic (exact) mass is 300 g/mol. The Labute approximate surface area is 121 Å². The molecule has 0 aromatic heterocycles. The molecule has 0 amide bonds. The Balaban J connectivity index is 1.92. The Hall–Kier alpha value is -0.930. The van der Waals surface area contributed by atoms with Gasteiger partial charge in [-0.2, -0.15) is 0 Å². The van der Waals surface area contributed by atoms with Gasteiger partial charge >= 0.3 is 0 Å². The lowest BCUT2D eigenvalue weighted by molar-refractivity contribution is 0.801. The Kier molecular flexibility index (Phi) is 4.72. The van der Waals surface area contributed by atoms with E-state index < -0.39 is 0 Å². The number of para-hydroxylation sites is 1. The summed E-state index contributed by atoms with van der Waals surface area (Å²) in [7, 11) is 0. The van der Waals surface area contributed by atoms with Crippen LogP contribution in [-0.2, 0) is 6.54 Å². The number of hydrazine groups is 1. The Bertz CT molecular complexity index is 544. The second-order valence-corrected chi connectivity index (χ2v) is 4.93. The smallest absolute Gasteiger partial charge is 0.0674 e. The largest absolute Gasteiger partial charge is 0.320 e. The number of rotatable bonds is 4. The third kappa shape index (κ3) is 3.53. The third-order valence-corrected chi connectivity index (χ3v) is 3.44. The van der Waals surface area contributed by atoms with Crippen molar-refractivity contribution in [2.24, 2.45) is 0 Å². The molecule has 2 N–H and O–H groups in total. The topological polar surface area (TPSA) is 24.1 Å². The van der Waals surface area contributed by atoms with E-state index in [1.54, 1.807) is 6.07 Å². The van der Waals surface area contributed by atoms with Crippen molar-refractivity contribution in [3.05, 3.63) is 63.1 Å². The van der Waals surface area contributed by atoms with Crippen molar-refractivity contribution in [3.63, 3.8) is 0 Å². The fourth-order valence-corrected chi connectivity index (χ4v) is 1.96. The lowest BCUT2D eigenvalue weighted by Crippen LogP contribution is -2.21. The van der Waals surface area contributed by atoms with Crippen LogP contribution in [0.5, 0.6) is 0 Å². The zero-order valence-electron chi connectivity index (χ0n) is 9.38. The molecule has 0 atom stereocenters. The Morgan fingerprint density at radius 2 is 1.61 bits per heavy atom. The number of hydrogen-bond acceptors (Lipinski definition) is 2. The maximum absolute atomic E-state index is 6.01. The number of benzene rings is 2. The van der Waals surface area contributed by atoms with Gasteiger partial charge in [0.05, 0.1) is 20.8 Å². The van der Waals surface area contributed by atoms with Gasteiger partial charge in [0.1, 0.15) is 0 Å². The molecule has 94 valence electrons. The van der Waals surface area contributed by atoms with Crippen LogP contribution >= 0.6 is 34.8 Å². The quantitative estimate of drug-likeness (QED) is 0.795. The van der Waals surface area contributed by atoms with E-state index in [-0.39, 0.29) is 0 Å². The van der Waals surface area contributed by atoms with Crippen LogP contribution < -0.4 is 10.9 Å². The zero-order chi connectivity index (χ0) is 13.0. The molecule has 0 spiro atoms. The fraction of sp³-hybridized carbons (Fsp3) is 0.0769. The Morgan fingerprint density at radius 1 is 0.833 bits per heavy atom. The Morgan fingerprint density at radius 3 is 2.33 bits per heavy atom. The van der Waals surface area contributed by atoms with E-state index in [0.29, 0.717) is 21.6 Å². The normalized spacial score (nSPS) is 10.4. The standard InChI is InChI=1S/C13H11Cl3N2/c14-10-6-5-9(7-12(10)16)8-17-18-13-4-2-1-3-11(13)15/h1-7,17-18H,8H2. The first-order valence-electron chi connectivity index (χ1n) is 5.34. The predicted molar refractivity (Wildman–Crippen MR) is 78.4 cm³/mol. The van der Waals surface area contributed by atoms with Gasteiger partial charge in [0.15, 0.2) is 0 Å². The van der Waals surface area contributed by atoms with Crippen LogP contribution in [0.4, 0.5) is 5.69 Å². The van der Waals surface area contributed by atoms with E-state index in [1.165, 1.54) is 0 Å². The SMILES string of the molecule is Clc1ccc(CNNc2ccccc2Cl)cc1Cl. The number of anilines is 1. The zero-order valence-corrected chi connectivity index (χ0v) is 11.7. The highest BCUT2D eigenvalue weighted by Gasteiger charge is 2.00. The summed E-state index contributed by atoms with van der Waals surface area (Å²) in [5.41, 5.74) is 7.97. The highest BCUT2D eigenvalue weighted by molar-refractivity contribution is 6.42. The van der Waals surface area contributed by atoms with Crippen molar-refractivity contribution in [1.29, 1.82) is 0 Å². The minimum absolute atomic E-state index is 0.550. The van der Waals surface area contributed by atoms with E-state index in [9.17, 15) is 0 Å². The summed E-state index contributed by atoms with van der Waals surface area (Å²) in [6, 6.07) is 13.0. The van der Waals surface area contributed by atoms with Gasteiger partial charge in [-0.1, -0.05) is 53.0 Å². The van der Waals surface area contributed by atoms with Crippen molar-refractivity contribution in [2.75, 3.05) is 5.43 Å². The van der Waals surface area contributed by atoms with Crippen LogP contribution in [0.2, 0.25) is 15.1 Å². The minimum Gasteiger partial charge on any atom is -0.320 e. The lowest BCUT2D eigenvalue weighted by atomic mass is 10.2. The van der Waals surface area contributed by atoms with Gasteiger partial charge < -0.3 is 5.43 Å². The van der Waals surface area contributed by atoms with E-state index >= 15 is 0 Å². The van der Waals surface area contributed by atoms with Gasteiger partial charge in [-0.05, 0) is 29.8 Å². The maximum atomic E-state index is 6.01. The molecule has 0 aliphatic rings. The molecule has 0 radical (unpaired) electrons. The van der Waals surface area contributed by atoms with Crippen molar-refractivity contribution in [3.8, 4) is 0 Å². The van der Waals surface area contributed by atoms with Gasteiger partial charge in [0, 0.05) is 6.54 Å². The van der Waals surface area contributed by atoms with E-state index in [1.807, 2.05) is 36.4 Å². The van der Waals surface area contributed by atoms with E-state index in [0.717, 1.165) is 11.3 Å². The molecule has 0 fully saturated rings. The average molecular weight is 302 g/mol. The molecule has 0 saturated carbocycles.